The van der Waals surface area contributed by atoms with Crippen LogP contribution in [-0.4, -0.2) is 74.7 Å². The first-order valence-corrected chi connectivity index (χ1v) is 11.0. The van der Waals surface area contributed by atoms with Crippen molar-refractivity contribution in [2.45, 2.75) is 12.8 Å². The summed E-state index contributed by atoms with van der Waals surface area (Å²) in [6, 6.07) is 6.10. The van der Waals surface area contributed by atoms with Gasteiger partial charge in [-0.15, -0.1) is 0 Å². The molecular weight excluding hydrogens is 448 g/mol. The molecule has 30 heavy (non-hydrogen) atoms. The van der Waals surface area contributed by atoms with Crippen LogP contribution >= 0.6 is 15.9 Å². The number of nitrogens with zero attached hydrogens (tertiary/aromatic N) is 7. The van der Waals surface area contributed by atoms with Gasteiger partial charge < -0.3 is 19.4 Å². The van der Waals surface area contributed by atoms with E-state index in [9.17, 15) is 0 Å². The first-order valence-electron chi connectivity index (χ1n) is 10.2. The highest BCUT2D eigenvalue weighted by Crippen LogP contribution is 2.25. The Balaban J connectivity index is 1.52. The summed E-state index contributed by atoms with van der Waals surface area (Å²) in [4.78, 5) is 20.3. The number of hydrogen-bond acceptors (Lipinski definition) is 9. The van der Waals surface area contributed by atoms with Gasteiger partial charge in [-0.25, -0.2) is 5.43 Å². The van der Waals surface area contributed by atoms with Crippen LogP contribution in [0.2, 0.25) is 0 Å². The van der Waals surface area contributed by atoms with Crippen LogP contribution < -0.4 is 20.1 Å². The van der Waals surface area contributed by atoms with Crippen LogP contribution in [0.15, 0.2) is 27.8 Å². The Morgan fingerprint density at radius 3 is 2.33 bits per heavy atom. The highest BCUT2D eigenvalue weighted by molar-refractivity contribution is 9.10. The predicted molar refractivity (Wildman–Crippen MR) is 124 cm³/mol. The fourth-order valence-corrected chi connectivity index (χ4v) is 4.25. The van der Waals surface area contributed by atoms with Gasteiger partial charge in [-0.3, -0.25) is 0 Å². The van der Waals surface area contributed by atoms with E-state index in [-0.39, 0.29) is 0 Å². The maximum Gasteiger partial charge on any atom is 0.250 e. The molecule has 0 spiro atoms. The number of hydrazone groups is 1. The summed E-state index contributed by atoms with van der Waals surface area (Å²) < 4.78 is 6.48. The maximum atomic E-state index is 5.46. The average Bonchev–Trinajstić information content (AvgIpc) is 3.29. The van der Waals surface area contributed by atoms with E-state index in [1.165, 1.54) is 0 Å². The highest BCUT2D eigenvalue weighted by atomic mass is 79.9. The van der Waals surface area contributed by atoms with Crippen molar-refractivity contribution in [2.24, 2.45) is 5.10 Å². The normalized spacial score (nSPS) is 17.0. The Bertz CT molecular complexity index is 894. The number of nitrogens with one attached hydrogen (secondary N) is 1. The first-order chi connectivity index (χ1) is 14.6. The second-order valence-electron chi connectivity index (χ2n) is 7.53. The SMILES string of the molecule is CN(C)c1ccc(/C=N/Nc2nc(N3CCCC3)nc(N3CCOCC3)n2)cc1Br. The third-order valence-electron chi connectivity index (χ3n) is 5.13. The number of benzene rings is 1. The van der Waals surface area contributed by atoms with Gasteiger partial charge in [0.25, 0.3) is 0 Å². The first kappa shape index (κ1) is 20.8. The molecule has 160 valence electrons. The summed E-state index contributed by atoms with van der Waals surface area (Å²) >= 11 is 3.61. The summed E-state index contributed by atoms with van der Waals surface area (Å²) in [5.74, 6) is 1.83. The molecule has 2 saturated heterocycles. The van der Waals surface area contributed by atoms with Gasteiger partial charge >= 0.3 is 0 Å². The van der Waals surface area contributed by atoms with Crippen LogP contribution in [0.1, 0.15) is 18.4 Å². The molecule has 4 rings (SSSR count). The zero-order valence-electron chi connectivity index (χ0n) is 17.4. The van der Waals surface area contributed by atoms with Crippen molar-refractivity contribution in [3.63, 3.8) is 0 Å². The number of morpholine rings is 1. The van der Waals surface area contributed by atoms with Crippen LogP contribution in [-0.2, 0) is 4.74 Å². The quantitative estimate of drug-likeness (QED) is 0.505. The van der Waals surface area contributed by atoms with E-state index in [0.29, 0.717) is 31.1 Å². The van der Waals surface area contributed by atoms with Crippen LogP contribution in [0.4, 0.5) is 23.5 Å². The van der Waals surface area contributed by atoms with E-state index in [1.807, 2.05) is 26.2 Å². The number of anilines is 4. The summed E-state index contributed by atoms with van der Waals surface area (Å²) in [5, 5.41) is 4.36. The lowest BCUT2D eigenvalue weighted by molar-refractivity contribution is 0.122. The lowest BCUT2D eigenvalue weighted by Crippen LogP contribution is -2.38. The summed E-state index contributed by atoms with van der Waals surface area (Å²) in [6.45, 7) is 4.87. The highest BCUT2D eigenvalue weighted by Gasteiger charge is 2.21. The van der Waals surface area contributed by atoms with Crippen LogP contribution in [0.5, 0.6) is 0 Å². The fourth-order valence-electron chi connectivity index (χ4n) is 3.50. The molecule has 3 heterocycles. The smallest absolute Gasteiger partial charge is 0.250 e. The largest absolute Gasteiger partial charge is 0.378 e. The zero-order valence-corrected chi connectivity index (χ0v) is 19.0. The van der Waals surface area contributed by atoms with Crippen molar-refractivity contribution in [3.8, 4) is 0 Å². The molecule has 0 atom stereocenters. The number of halogens is 1. The standard InChI is InChI=1S/C20H27BrN8O/c1-27(2)17-6-5-15(13-16(17)21)14-22-26-18-23-19(28-7-3-4-8-28)25-20(24-18)29-9-11-30-12-10-29/h5-6,13-14H,3-4,7-12H2,1-2H3,(H,23,24,25,26)/b22-14+. The molecule has 10 heteroatoms. The molecule has 2 aliphatic rings. The second kappa shape index (κ2) is 9.57. The molecule has 0 bridgehead atoms. The predicted octanol–water partition coefficient (Wildman–Crippen LogP) is 2.58. The van der Waals surface area contributed by atoms with Crippen molar-refractivity contribution >= 4 is 45.7 Å². The summed E-state index contributed by atoms with van der Waals surface area (Å²) in [6.07, 6.45) is 4.09. The van der Waals surface area contributed by atoms with Gasteiger partial charge in [0.2, 0.25) is 17.8 Å². The van der Waals surface area contributed by atoms with E-state index in [2.05, 4.69) is 57.2 Å². The van der Waals surface area contributed by atoms with Gasteiger partial charge in [0, 0.05) is 44.7 Å². The number of ether oxygens (including phenoxy) is 1. The molecule has 9 nitrogen and oxygen atoms in total. The van der Waals surface area contributed by atoms with Crippen molar-refractivity contribution in [1.82, 2.24) is 15.0 Å². The molecule has 0 saturated carbocycles. The molecule has 2 fully saturated rings. The van der Waals surface area contributed by atoms with Crippen molar-refractivity contribution in [1.29, 1.82) is 0 Å². The minimum Gasteiger partial charge on any atom is -0.378 e. The third-order valence-corrected chi connectivity index (χ3v) is 5.76. The van der Waals surface area contributed by atoms with Crippen LogP contribution in [0.25, 0.3) is 0 Å². The minimum absolute atomic E-state index is 0.452. The Morgan fingerprint density at radius 1 is 1.03 bits per heavy atom. The van der Waals surface area contributed by atoms with E-state index in [4.69, 9.17) is 9.72 Å². The molecule has 2 aliphatic heterocycles. The second-order valence-corrected chi connectivity index (χ2v) is 8.38. The van der Waals surface area contributed by atoms with E-state index in [0.717, 1.165) is 54.7 Å². The van der Waals surface area contributed by atoms with Crippen molar-refractivity contribution in [2.75, 3.05) is 73.6 Å². The van der Waals surface area contributed by atoms with Crippen molar-refractivity contribution in [3.05, 3.63) is 28.2 Å². The van der Waals surface area contributed by atoms with Crippen LogP contribution in [0, 0.1) is 0 Å². The maximum absolute atomic E-state index is 5.46. The molecule has 0 unspecified atom stereocenters. The molecule has 0 aliphatic carbocycles. The summed E-state index contributed by atoms with van der Waals surface area (Å²) in [5.41, 5.74) is 5.08. The molecule has 1 aromatic carbocycles. The number of rotatable bonds is 6. The lowest BCUT2D eigenvalue weighted by Gasteiger charge is -2.27. The Kier molecular flexibility index (Phi) is 6.63. The van der Waals surface area contributed by atoms with Gasteiger partial charge in [-0.2, -0.15) is 20.1 Å². The van der Waals surface area contributed by atoms with Crippen LogP contribution in [0.3, 0.4) is 0 Å². The fraction of sp³-hybridized carbons (Fsp3) is 0.500. The van der Waals surface area contributed by atoms with Crippen molar-refractivity contribution < 1.29 is 4.74 Å². The molecule has 1 aromatic heterocycles. The molecule has 2 aromatic rings. The molecule has 0 amide bonds. The molecule has 1 N–H and O–H groups in total. The third kappa shape index (κ3) is 4.99. The van der Waals surface area contributed by atoms with Gasteiger partial charge in [-0.05, 0) is 46.5 Å². The van der Waals surface area contributed by atoms with E-state index < -0.39 is 0 Å². The lowest BCUT2D eigenvalue weighted by atomic mass is 10.2. The van der Waals surface area contributed by atoms with Gasteiger partial charge in [0.1, 0.15) is 0 Å². The van der Waals surface area contributed by atoms with Gasteiger partial charge in [0.15, 0.2) is 0 Å². The minimum atomic E-state index is 0.452. The zero-order chi connectivity index (χ0) is 20.9. The Hall–Kier alpha value is -2.46. The van der Waals surface area contributed by atoms with E-state index >= 15 is 0 Å². The summed E-state index contributed by atoms with van der Waals surface area (Å²) in [7, 11) is 4.03. The topological polar surface area (TPSA) is 82.0 Å². The average molecular weight is 475 g/mol. The van der Waals surface area contributed by atoms with Gasteiger partial charge in [0.05, 0.1) is 25.1 Å². The van der Waals surface area contributed by atoms with E-state index in [1.54, 1.807) is 6.21 Å². The number of hydrogen-bond donors (Lipinski definition) is 1. The van der Waals surface area contributed by atoms with Gasteiger partial charge in [-0.1, -0.05) is 6.07 Å². The number of aromatic nitrogens is 3. The monoisotopic (exact) mass is 474 g/mol. The Morgan fingerprint density at radius 2 is 1.70 bits per heavy atom. The molecule has 0 radical (unpaired) electrons. The molecular formula is C20H27BrN8O. The Labute approximate surface area is 185 Å².